The van der Waals surface area contributed by atoms with Crippen LogP contribution in [0.4, 0.5) is 11.4 Å². The Kier molecular flexibility index (Phi) is 11.5. The number of benzene rings is 1. The third-order valence-electron chi connectivity index (χ3n) is 5.11. The van der Waals surface area contributed by atoms with Crippen LogP contribution in [0.1, 0.15) is 44.9 Å². The molecule has 8 heteroatoms. The highest BCUT2D eigenvalue weighted by atomic mass is 35.5. The highest BCUT2D eigenvalue weighted by Crippen LogP contribution is 2.16. The topological polar surface area (TPSA) is 73.5 Å². The van der Waals surface area contributed by atoms with Gasteiger partial charge in [0.25, 0.3) is 0 Å². The minimum Gasteiger partial charge on any atom is -0.326 e. The van der Waals surface area contributed by atoms with E-state index in [1.165, 1.54) is 25.7 Å². The fraction of sp³-hybridized carbons (Fsp3) is 0.600. The molecule has 28 heavy (non-hydrogen) atoms. The van der Waals surface area contributed by atoms with Gasteiger partial charge in [-0.2, -0.15) is 0 Å². The molecule has 2 saturated heterocycles. The number of halogens is 2. The maximum absolute atomic E-state index is 12.2. The second-order valence-corrected chi connectivity index (χ2v) is 7.36. The molecule has 0 saturated carbocycles. The molecule has 2 aliphatic rings. The van der Waals surface area contributed by atoms with Crippen LogP contribution >= 0.6 is 24.8 Å². The standard InChI is InChI=1S/C20H30N4O2.2ClH/c25-19(14-18-6-5-11-21-18)22-16-7-9-17(10-8-16)23-20(26)15-24-12-3-1-2-4-13-24;;/h7-10,18,21H,1-6,11-15H2,(H,22,25)(H,23,26);2*1H. The van der Waals surface area contributed by atoms with E-state index in [2.05, 4.69) is 20.9 Å². The van der Waals surface area contributed by atoms with Gasteiger partial charge in [0.05, 0.1) is 6.54 Å². The average Bonchev–Trinajstić information content (AvgIpc) is 2.99. The van der Waals surface area contributed by atoms with Crippen LogP contribution in [0, 0.1) is 0 Å². The van der Waals surface area contributed by atoms with Crippen molar-refractivity contribution in [2.45, 2.75) is 51.0 Å². The Morgan fingerprint density at radius 3 is 2.00 bits per heavy atom. The quantitative estimate of drug-likeness (QED) is 0.646. The molecule has 3 N–H and O–H groups in total. The summed E-state index contributed by atoms with van der Waals surface area (Å²) in [6, 6.07) is 7.64. The van der Waals surface area contributed by atoms with Gasteiger partial charge in [0.15, 0.2) is 0 Å². The van der Waals surface area contributed by atoms with E-state index in [9.17, 15) is 9.59 Å². The van der Waals surface area contributed by atoms with Crippen molar-refractivity contribution in [3.05, 3.63) is 24.3 Å². The molecule has 0 aliphatic carbocycles. The van der Waals surface area contributed by atoms with E-state index < -0.39 is 0 Å². The lowest BCUT2D eigenvalue weighted by Gasteiger charge is -2.19. The Hall–Kier alpha value is -1.34. The number of likely N-dealkylation sites (tertiary alicyclic amines) is 1. The monoisotopic (exact) mass is 430 g/mol. The van der Waals surface area contributed by atoms with Crippen molar-refractivity contribution in [1.29, 1.82) is 0 Å². The van der Waals surface area contributed by atoms with Crippen molar-refractivity contribution in [2.75, 3.05) is 36.8 Å². The second kappa shape index (κ2) is 13.0. The molecule has 1 aromatic carbocycles. The fourth-order valence-corrected chi connectivity index (χ4v) is 3.70. The third kappa shape index (κ3) is 8.35. The van der Waals surface area contributed by atoms with Gasteiger partial charge >= 0.3 is 0 Å². The molecule has 0 aromatic heterocycles. The summed E-state index contributed by atoms with van der Waals surface area (Å²) in [4.78, 5) is 26.5. The van der Waals surface area contributed by atoms with Crippen molar-refractivity contribution in [3.63, 3.8) is 0 Å². The molecule has 158 valence electrons. The molecule has 2 fully saturated rings. The molecule has 2 heterocycles. The van der Waals surface area contributed by atoms with Gasteiger partial charge in [0.2, 0.25) is 11.8 Å². The summed E-state index contributed by atoms with van der Waals surface area (Å²) in [5, 5.41) is 9.20. The number of anilines is 2. The molecule has 1 aromatic rings. The smallest absolute Gasteiger partial charge is 0.238 e. The molecular formula is C20H32Cl2N4O2. The molecule has 6 nitrogen and oxygen atoms in total. The summed E-state index contributed by atoms with van der Waals surface area (Å²) < 4.78 is 0. The second-order valence-electron chi connectivity index (χ2n) is 7.36. The lowest BCUT2D eigenvalue weighted by Crippen LogP contribution is -2.33. The zero-order valence-corrected chi connectivity index (χ0v) is 17.9. The number of hydrogen-bond acceptors (Lipinski definition) is 4. The molecule has 1 unspecified atom stereocenters. The van der Waals surface area contributed by atoms with Gasteiger partial charge in [-0.3, -0.25) is 14.5 Å². The first-order chi connectivity index (χ1) is 12.7. The van der Waals surface area contributed by atoms with Crippen LogP contribution in [-0.4, -0.2) is 48.9 Å². The number of nitrogens with one attached hydrogen (secondary N) is 3. The van der Waals surface area contributed by atoms with Crippen molar-refractivity contribution in [1.82, 2.24) is 10.2 Å². The number of nitrogens with zero attached hydrogens (tertiary/aromatic N) is 1. The van der Waals surface area contributed by atoms with E-state index in [0.29, 0.717) is 19.0 Å². The summed E-state index contributed by atoms with van der Waals surface area (Å²) >= 11 is 0. The summed E-state index contributed by atoms with van der Waals surface area (Å²) in [5.74, 6) is 0.0540. The van der Waals surface area contributed by atoms with Gasteiger partial charge < -0.3 is 16.0 Å². The zero-order chi connectivity index (χ0) is 18.2. The first-order valence-corrected chi connectivity index (χ1v) is 9.84. The maximum Gasteiger partial charge on any atom is 0.238 e. The fourth-order valence-electron chi connectivity index (χ4n) is 3.70. The number of hydrogen-bond donors (Lipinski definition) is 3. The van der Waals surface area contributed by atoms with Gasteiger partial charge in [-0.15, -0.1) is 24.8 Å². The van der Waals surface area contributed by atoms with E-state index >= 15 is 0 Å². The van der Waals surface area contributed by atoms with E-state index in [1.54, 1.807) is 0 Å². The van der Waals surface area contributed by atoms with Crippen LogP contribution in [0.3, 0.4) is 0 Å². The van der Waals surface area contributed by atoms with E-state index in [1.807, 2.05) is 24.3 Å². The Morgan fingerprint density at radius 2 is 1.46 bits per heavy atom. The Morgan fingerprint density at radius 1 is 0.893 bits per heavy atom. The Labute approximate surface area is 180 Å². The lowest BCUT2D eigenvalue weighted by molar-refractivity contribution is -0.117. The number of carbonyl (C=O) groups is 2. The molecule has 2 aliphatic heterocycles. The largest absolute Gasteiger partial charge is 0.326 e. The van der Waals surface area contributed by atoms with Gasteiger partial charge in [-0.25, -0.2) is 0 Å². The Balaban J connectivity index is 0.00000196. The first-order valence-electron chi connectivity index (χ1n) is 9.84. The number of carbonyl (C=O) groups excluding carboxylic acids is 2. The van der Waals surface area contributed by atoms with Crippen LogP contribution in [0.2, 0.25) is 0 Å². The highest BCUT2D eigenvalue weighted by Gasteiger charge is 2.17. The third-order valence-corrected chi connectivity index (χ3v) is 5.11. The van der Waals surface area contributed by atoms with Gasteiger partial charge in [0.1, 0.15) is 0 Å². The number of amides is 2. The van der Waals surface area contributed by atoms with Crippen LogP contribution in [-0.2, 0) is 9.59 Å². The van der Waals surface area contributed by atoms with E-state index in [-0.39, 0.29) is 36.6 Å². The molecule has 2 amide bonds. The SMILES string of the molecule is Cl.Cl.O=C(CC1CCCN1)Nc1ccc(NC(=O)CN2CCCCCC2)cc1. The average molecular weight is 431 g/mol. The summed E-state index contributed by atoms with van der Waals surface area (Å²) in [7, 11) is 0. The highest BCUT2D eigenvalue weighted by molar-refractivity contribution is 5.94. The predicted molar refractivity (Wildman–Crippen MR) is 119 cm³/mol. The van der Waals surface area contributed by atoms with E-state index in [0.717, 1.165) is 43.9 Å². The summed E-state index contributed by atoms with van der Waals surface area (Å²) in [5.41, 5.74) is 1.53. The van der Waals surface area contributed by atoms with Gasteiger partial charge in [-0.1, -0.05) is 12.8 Å². The van der Waals surface area contributed by atoms with Gasteiger partial charge in [0, 0.05) is 23.8 Å². The lowest BCUT2D eigenvalue weighted by atomic mass is 10.1. The first kappa shape index (κ1) is 24.7. The molecule has 0 bridgehead atoms. The molecule has 3 rings (SSSR count). The predicted octanol–water partition coefficient (Wildman–Crippen LogP) is 3.43. The van der Waals surface area contributed by atoms with Crippen LogP contribution < -0.4 is 16.0 Å². The summed E-state index contributed by atoms with van der Waals surface area (Å²) in [6.07, 6.45) is 7.60. The number of rotatable bonds is 6. The minimum atomic E-state index is 0. The molecule has 1 atom stereocenters. The van der Waals surface area contributed by atoms with Crippen LogP contribution in [0.15, 0.2) is 24.3 Å². The van der Waals surface area contributed by atoms with Gasteiger partial charge in [-0.05, 0) is 69.6 Å². The zero-order valence-electron chi connectivity index (χ0n) is 16.2. The van der Waals surface area contributed by atoms with Crippen molar-refractivity contribution < 1.29 is 9.59 Å². The molecular weight excluding hydrogens is 399 g/mol. The van der Waals surface area contributed by atoms with Crippen molar-refractivity contribution in [2.24, 2.45) is 0 Å². The normalized spacial score (nSPS) is 19.6. The van der Waals surface area contributed by atoms with Crippen LogP contribution in [0.25, 0.3) is 0 Å². The Bertz CT molecular complexity index is 599. The summed E-state index contributed by atoms with van der Waals surface area (Å²) in [6.45, 7) is 3.47. The van der Waals surface area contributed by atoms with Crippen molar-refractivity contribution in [3.8, 4) is 0 Å². The molecule has 0 spiro atoms. The van der Waals surface area contributed by atoms with E-state index in [4.69, 9.17) is 0 Å². The van der Waals surface area contributed by atoms with Crippen molar-refractivity contribution >= 4 is 48.0 Å². The maximum atomic E-state index is 12.2. The van der Waals surface area contributed by atoms with Crippen LogP contribution in [0.5, 0.6) is 0 Å². The molecule has 0 radical (unpaired) electrons. The minimum absolute atomic E-state index is 0.